The zero-order valence-electron chi connectivity index (χ0n) is 26.6. The summed E-state index contributed by atoms with van der Waals surface area (Å²) in [5.41, 5.74) is 6.78. The monoisotopic (exact) mass is 600 g/mol. The van der Waals surface area contributed by atoms with Gasteiger partial charge < -0.3 is 15.3 Å². The van der Waals surface area contributed by atoms with E-state index in [4.69, 9.17) is 0 Å². The number of aliphatic hydroxyl groups is 2. The van der Waals surface area contributed by atoms with E-state index in [1.54, 1.807) is 0 Å². The van der Waals surface area contributed by atoms with Gasteiger partial charge in [-0.05, 0) is 99.3 Å². The molecule has 2 saturated heterocycles. The predicted molar refractivity (Wildman–Crippen MR) is 173 cm³/mol. The van der Waals surface area contributed by atoms with E-state index < -0.39 is 23.9 Å². The number of rotatable bonds is 10. The fourth-order valence-electron chi connectivity index (χ4n) is 7.82. The maximum Gasteiger partial charge on any atom is 0.234 e. The molecule has 1 aliphatic carbocycles. The second-order valence-corrected chi connectivity index (χ2v) is 13.1. The average molecular weight is 601 g/mol. The number of allylic oxidation sites excluding steroid dienone is 2. The summed E-state index contributed by atoms with van der Waals surface area (Å²) in [5.74, 6) is -1.61. The van der Waals surface area contributed by atoms with Gasteiger partial charge in [-0.3, -0.25) is 19.4 Å². The maximum absolute atomic E-state index is 13.9. The number of imide groups is 1. The molecule has 4 atom stereocenters. The number of piperidine rings is 1. The first-order valence-electron chi connectivity index (χ1n) is 16.2. The lowest BCUT2D eigenvalue weighted by Crippen LogP contribution is -2.47. The molecule has 0 radical (unpaired) electrons. The fraction of sp³-hybridized carbons (Fsp3) is 0.514. The van der Waals surface area contributed by atoms with Gasteiger partial charge >= 0.3 is 0 Å². The van der Waals surface area contributed by atoms with Crippen LogP contribution in [0, 0.1) is 31.6 Å². The van der Waals surface area contributed by atoms with Crippen molar-refractivity contribution in [2.24, 2.45) is 17.8 Å². The number of benzene rings is 2. The van der Waals surface area contributed by atoms with Gasteiger partial charge in [0.25, 0.3) is 0 Å². The molecular weight excluding hydrogens is 552 g/mol. The van der Waals surface area contributed by atoms with E-state index >= 15 is 0 Å². The van der Waals surface area contributed by atoms with E-state index in [9.17, 15) is 24.9 Å². The zero-order chi connectivity index (χ0) is 31.5. The van der Waals surface area contributed by atoms with Gasteiger partial charge in [-0.25, -0.2) is 0 Å². The lowest BCUT2D eigenvalue weighted by Gasteiger charge is -2.36. The molecule has 236 valence electrons. The van der Waals surface area contributed by atoms with E-state index in [1.165, 1.54) is 16.0 Å². The van der Waals surface area contributed by atoms with E-state index in [2.05, 4.69) is 30.0 Å². The molecule has 7 heteroatoms. The van der Waals surface area contributed by atoms with Crippen LogP contribution in [0.3, 0.4) is 0 Å². The molecule has 2 heterocycles. The lowest BCUT2D eigenvalue weighted by molar-refractivity contribution is -0.144. The molecule has 7 nitrogen and oxygen atoms in total. The highest BCUT2D eigenvalue weighted by molar-refractivity contribution is 6.06. The van der Waals surface area contributed by atoms with Crippen LogP contribution >= 0.6 is 0 Å². The number of phenols is 1. The summed E-state index contributed by atoms with van der Waals surface area (Å²) in [6, 6.07) is 14.2. The van der Waals surface area contributed by atoms with Gasteiger partial charge in [0.15, 0.2) is 0 Å². The third kappa shape index (κ3) is 6.56. The Bertz CT molecular complexity index is 1400. The first-order valence-corrected chi connectivity index (χ1v) is 16.2. The van der Waals surface area contributed by atoms with Crippen molar-refractivity contribution in [3.8, 4) is 5.75 Å². The maximum atomic E-state index is 13.9. The average Bonchev–Trinajstić information content (AvgIpc) is 3.26. The molecule has 2 aliphatic heterocycles. The summed E-state index contributed by atoms with van der Waals surface area (Å²) in [4.78, 5) is 31.5. The van der Waals surface area contributed by atoms with Crippen molar-refractivity contribution in [2.75, 3.05) is 19.7 Å². The van der Waals surface area contributed by atoms with Gasteiger partial charge in [-0.2, -0.15) is 0 Å². The number of fused-ring (bicyclic) bond motifs is 1. The van der Waals surface area contributed by atoms with Crippen molar-refractivity contribution >= 4 is 17.9 Å². The van der Waals surface area contributed by atoms with E-state index in [0.29, 0.717) is 25.0 Å². The van der Waals surface area contributed by atoms with Crippen LogP contribution in [-0.2, 0) is 16.1 Å². The summed E-state index contributed by atoms with van der Waals surface area (Å²) >= 11 is 0. The summed E-state index contributed by atoms with van der Waals surface area (Å²) in [6.07, 6.45) is 5.24. The highest BCUT2D eigenvalue weighted by atomic mass is 16.3. The van der Waals surface area contributed by atoms with Crippen molar-refractivity contribution in [1.29, 1.82) is 0 Å². The van der Waals surface area contributed by atoms with Crippen LogP contribution in [0.1, 0.15) is 74.6 Å². The van der Waals surface area contributed by atoms with E-state index in [1.807, 2.05) is 51.1 Å². The van der Waals surface area contributed by atoms with Crippen molar-refractivity contribution in [3.05, 3.63) is 81.4 Å². The number of hydrogen-bond donors (Lipinski definition) is 3. The number of aromatic hydroxyl groups is 1. The molecule has 0 aromatic heterocycles. The van der Waals surface area contributed by atoms with Crippen LogP contribution in [0.2, 0.25) is 0 Å². The SMILES string of the molecule is CC/C(=C\c1cc(C)c(O)c(C)c1)CC[C@@H](O)C1=C(C)C[C@H]2C(=O)N(C3CCN(Cc4ccccc4)CC3)C(=O)[C@H]2[C@H]1CO. The standard InChI is InChI=1S/C37H48N2O5/c1-5-26(20-28-17-24(3)35(42)25(4)18-28)11-12-32(41)33-23(2)19-30-34(31(33)22-40)37(44)39(36(30)43)29-13-15-38(16-14-29)21-27-9-7-6-8-10-27/h6-10,17-18,20,29-32,34,40-42H,5,11-16,19,21-22H2,1-4H3/b26-20+/t30-,31+,32-,34-/m1/s1. The highest BCUT2D eigenvalue weighted by Gasteiger charge is 2.56. The quantitative estimate of drug-likeness (QED) is 0.245. The molecule has 0 spiro atoms. The van der Waals surface area contributed by atoms with Crippen LogP contribution in [-0.4, -0.2) is 68.8 Å². The molecule has 0 bridgehead atoms. The number of aryl methyl sites for hydroxylation is 2. The molecular formula is C37H48N2O5. The number of phenolic OH excluding ortho intramolecular Hbond substituents is 1. The first kappa shape index (κ1) is 32.1. The van der Waals surface area contributed by atoms with Crippen molar-refractivity contribution < 1.29 is 24.9 Å². The number of carbonyl (C=O) groups is 2. The number of hydrogen-bond acceptors (Lipinski definition) is 6. The number of likely N-dealkylation sites (tertiary alicyclic amines) is 2. The second kappa shape index (κ2) is 13.8. The lowest BCUT2D eigenvalue weighted by atomic mass is 9.68. The van der Waals surface area contributed by atoms with Crippen LogP contribution in [0.15, 0.2) is 59.2 Å². The van der Waals surface area contributed by atoms with Gasteiger partial charge in [0.2, 0.25) is 11.8 Å². The molecule has 3 aliphatic rings. The van der Waals surface area contributed by atoms with Crippen molar-refractivity contribution in [1.82, 2.24) is 9.80 Å². The summed E-state index contributed by atoms with van der Waals surface area (Å²) in [5, 5.41) is 32.2. The normalized spacial score (nSPS) is 24.3. The third-order valence-electron chi connectivity index (χ3n) is 10.2. The molecule has 2 fully saturated rings. The summed E-state index contributed by atoms with van der Waals surface area (Å²) < 4.78 is 0. The van der Waals surface area contributed by atoms with E-state index in [-0.39, 0.29) is 24.5 Å². The van der Waals surface area contributed by atoms with Gasteiger partial charge in [-0.15, -0.1) is 0 Å². The topological polar surface area (TPSA) is 101 Å². The second-order valence-electron chi connectivity index (χ2n) is 13.1. The number of aliphatic hydroxyl groups excluding tert-OH is 2. The summed E-state index contributed by atoms with van der Waals surface area (Å²) in [7, 11) is 0. The van der Waals surface area contributed by atoms with Crippen molar-refractivity contribution in [2.45, 2.75) is 84.9 Å². The Balaban J connectivity index is 1.25. The van der Waals surface area contributed by atoms with Gasteiger partial charge in [0, 0.05) is 31.6 Å². The molecule has 2 aromatic rings. The Morgan fingerprint density at radius 2 is 1.68 bits per heavy atom. The predicted octanol–water partition coefficient (Wildman–Crippen LogP) is 5.54. The number of carbonyl (C=O) groups excluding carboxylic acids is 2. The van der Waals surface area contributed by atoms with Crippen LogP contribution < -0.4 is 0 Å². The van der Waals surface area contributed by atoms with Crippen LogP contribution in [0.25, 0.3) is 6.08 Å². The van der Waals surface area contributed by atoms with Crippen LogP contribution in [0.5, 0.6) is 5.75 Å². The van der Waals surface area contributed by atoms with E-state index in [0.717, 1.165) is 66.7 Å². The molecule has 5 rings (SSSR count). The minimum Gasteiger partial charge on any atom is -0.507 e. The molecule has 44 heavy (non-hydrogen) atoms. The molecule has 0 unspecified atom stereocenters. The minimum atomic E-state index is -0.801. The Labute approximate surface area is 261 Å². The van der Waals surface area contributed by atoms with Crippen LogP contribution in [0.4, 0.5) is 0 Å². The Morgan fingerprint density at radius 1 is 1.02 bits per heavy atom. The van der Waals surface area contributed by atoms with Gasteiger partial charge in [-0.1, -0.05) is 54.5 Å². The number of amides is 2. The molecule has 2 amide bonds. The fourth-order valence-corrected chi connectivity index (χ4v) is 7.82. The Hall–Kier alpha value is -3.26. The zero-order valence-corrected chi connectivity index (χ0v) is 26.6. The van der Waals surface area contributed by atoms with Crippen molar-refractivity contribution in [3.63, 3.8) is 0 Å². The first-order chi connectivity index (χ1) is 21.1. The smallest absolute Gasteiger partial charge is 0.234 e. The third-order valence-corrected chi connectivity index (χ3v) is 10.2. The number of nitrogens with zero attached hydrogens (tertiary/aromatic N) is 2. The van der Waals surface area contributed by atoms with Gasteiger partial charge in [0.05, 0.1) is 24.5 Å². The Kier molecular flexibility index (Phi) is 10.1. The largest absolute Gasteiger partial charge is 0.507 e. The van der Waals surface area contributed by atoms with Gasteiger partial charge in [0.1, 0.15) is 5.75 Å². The Morgan fingerprint density at radius 3 is 2.30 bits per heavy atom. The highest BCUT2D eigenvalue weighted by Crippen LogP contribution is 2.47. The minimum absolute atomic E-state index is 0.108. The summed E-state index contributed by atoms with van der Waals surface area (Å²) in [6.45, 7) is 10.1. The molecule has 0 saturated carbocycles. The molecule has 3 N–H and O–H groups in total. The molecule has 2 aromatic carbocycles.